The first-order valence-electron chi connectivity index (χ1n) is 21.5. The van der Waals surface area contributed by atoms with Gasteiger partial charge in [-0.1, -0.05) is 158 Å². The maximum atomic E-state index is 6.65. The summed E-state index contributed by atoms with van der Waals surface area (Å²) < 4.78 is 6.65. The molecule has 0 radical (unpaired) electrons. The lowest BCUT2D eigenvalue weighted by molar-refractivity contribution is 0.622. The van der Waals surface area contributed by atoms with E-state index < -0.39 is 0 Å². The molecule has 0 saturated heterocycles. The van der Waals surface area contributed by atoms with Gasteiger partial charge < -0.3 is 4.42 Å². The highest BCUT2D eigenvalue weighted by Gasteiger charge is 2.37. The second-order valence-corrected chi connectivity index (χ2v) is 16.8. The molecule has 2 aromatic heterocycles. The molecule has 6 aromatic carbocycles. The minimum absolute atomic E-state index is 0.0277. The first kappa shape index (κ1) is 34.4. The molecule has 0 fully saturated rings. The molecule has 0 bridgehead atoms. The van der Waals surface area contributed by atoms with Crippen LogP contribution in [0, 0.1) is 17.8 Å². The molecule has 4 atom stereocenters. The van der Waals surface area contributed by atoms with Crippen LogP contribution in [0.3, 0.4) is 0 Å². The van der Waals surface area contributed by atoms with Gasteiger partial charge >= 0.3 is 0 Å². The number of nitrogens with zero attached hydrogens (tertiary/aromatic N) is 3. The van der Waals surface area contributed by atoms with Gasteiger partial charge in [0, 0.05) is 56.0 Å². The molecule has 0 amide bonds. The van der Waals surface area contributed by atoms with Crippen molar-refractivity contribution in [1.82, 2.24) is 4.98 Å². The monoisotopic (exact) mass is 781 g/mol. The fraction of sp³-hybridized carbons (Fsp3) is 0.105. The zero-order chi connectivity index (χ0) is 40.0. The lowest BCUT2D eigenvalue weighted by atomic mass is 9.69. The Bertz CT molecular complexity index is 3560. The summed E-state index contributed by atoms with van der Waals surface area (Å²) in [5.74, 6) is 0.485. The normalized spacial score (nSPS) is 21.4. The van der Waals surface area contributed by atoms with E-state index in [1.54, 1.807) is 0 Å². The van der Waals surface area contributed by atoms with E-state index in [4.69, 9.17) is 19.4 Å². The number of aromatic nitrogens is 1. The average molecular weight is 782 g/mol. The number of pyridine rings is 1. The molecular weight excluding hydrogens is 743 g/mol. The topological polar surface area (TPSA) is 50.8 Å². The van der Waals surface area contributed by atoms with Gasteiger partial charge in [0.05, 0.1) is 22.6 Å². The Morgan fingerprint density at radius 2 is 1.25 bits per heavy atom. The van der Waals surface area contributed by atoms with Crippen LogP contribution in [0.5, 0.6) is 0 Å². The summed E-state index contributed by atoms with van der Waals surface area (Å²) >= 11 is 0. The van der Waals surface area contributed by atoms with Crippen LogP contribution >= 0.6 is 0 Å². The number of benzene rings is 6. The molecule has 0 saturated carbocycles. The van der Waals surface area contributed by atoms with Gasteiger partial charge in [-0.05, 0) is 81.5 Å². The average Bonchev–Trinajstić information content (AvgIpc) is 3.72. The van der Waals surface area contributed by atoms with Gasteiger partial charge in [0.2, 0.25) is 0 Å². The van der Waals surface area contributed by atoms with Gasteiger partial charge in [0.25, 0.3) is 0 Å². The van der Waals surface area contributed by atoms with Gasteiger partial charge in [0.1, 0.15) is 17.2 Å². The summed E-state index contributed by atoms with van der Waals surface area (Å²) in [5.41, 5.74) is 14.5. The van der Waals surface area contributed by atoms with Crippen molar-refractivity contribution in [2.45, 2.75) is 18.9 Å². The highest BCUT2D eigenvalue weighted by molar-refractivity contribution is 6.25. The molecule has 288 valence electrons. The van der Waals surface area contributed by atoms with E-state index in [1.165, 1.54) is 38.4 Å². The van der Waals surface area contributed by atoms with Crippen molar-refractivity contribution in [2.24, 2.45) is 27.7 Å². The number of aliphatic imine (C=N–C) groups is 2. The van der Waals surface area contributed by atoms with Crippen LogP contribution in [0.25, 0.3) is 66.0 Å². The highest BCUT2D eigenvalue weighted by atomic mass is 16.3. The molecular formula is C57H39N3O. The summed E-state index contributed by atoms with van der Waals surface area (Å²) in [5, 5.41) is 8.08. The molecule has 4 unspecified atom stereocenters. The van der Waals surface area contributed by atoms with E-state index in [2.05, 4.69) is 182 Å². The van der Waals surface area contributed by atoms with E-state index in [1.807, 2.05) is 6.07 Å². The largest absolute Gasteiger partial charge is 0.455 e. The number of para-hydroxylation sites is 2. The van der Waals surface area contributed by atoms with Crippen LogP contribution in [0.1, 0.15) is 24.0 Å². The zero-order valence-corrected chi connectivity index (χ0v) is 33.4. The fourth-order valence-corrected chi connectivity index (χ4v) is 10.7. The summed E-state index contributed by atoms with van der Waals surface area (Å²) in [7, 11) is 0. The Hall–Kier alpha value is -7.43. The maximum Gasteiger partial charge on any atom is 0.144 e. The Balaban J connectivity index is 0.992. The number of hydrogen-bond donors (Lipinski definition) is 0. The molecule has 4 nitrogen and oxygen atoms in total. The number of rotatable bonds is 4. The number of furan rings is 1. The minimum Gasteiger partial charge on any atom is -0.455 e. The van der Waals surface area contributed by atoms with E-state index >= 15 is 0 Å². The third-order valence-electron chi connectivity index (χ3n) is 13.5. The van der Waals surface area contributed by atoms with Gasteiger partial charge in [-0.2, -0.15) is 0 Å². The summed E-state index contributed by atoms with van der Waals surface area (Å²) in [4.78, 5) is 16.4. The number of allylic oxidation sites excluding steroid dienone is 7. The third kappa shape index (κ3) is 5.35. The van der Waals surface area contributed by atoms with E-state index in [9.17, 15) is 0 Å². The molecule has 61 heavy (non-hydrogen) atoms. The molecule has 3 aliphatic carbocycles. The first-order chi connectivity index (χ1) is 30.2. The molecule has 0 N–H and O–H groups in total. The first-order valence-corrected chi connectivity index (χ1v) is 21.5. The standard InChI is InChI=1S/C57H39N3O/c1-2-13-34(14-3-1)47-31-27-35-25-26-36-28-32-49(60-56(36)55(35)58-47)52-42-20-6-4-18-40(42)51(41-19-5-7-21-43(41)52)37-15-12-16-38(33-37)54-46-30-29-44-39-17-9-11-24-50(39)61-57(44)53(46)45-22-8-10-23-48(45)59-54/h1-27,29-31,33,35,40,42,55H,28,32H2. The summed E-state index contributed by atoms with van der Waals surface area (Å²) in [6.07, 6.45) is 20.2. The second-order valence-electron chi connectivity index (χ2n) is 16.8. The lowest BCUT2D eigenvalue weighted by Gasteiger charge is -2.36. The summed E-state index contributed by atoms with van der Waals surface area (Å²) in [6.45, 7) is 0. The molecule has 13 rings (SSSR count). The van der Waals surface area contributed by atoms with Gasteiger partial charge in [-0.3, -0.25) is 9.98 Å². The summed E-state index contributed by atoms with van der Waals surface area (Å²) in [6, 6.07) is 49.8. The predicted octanol–water partition coefficient (Wildman–Crippen LogP) is 11.8. The van der Waals surface area contributed by atoms with Gasteiger partial charge in [-0.25, -0.2) is 4.98 Å². The van der Waals surface area contributed by atoms with Crippen molar-refractivity contribution in [1.29, 1.82) is 0 Å². The number of dihydropyridines is 1. The third-order valence-corrected chi connectivity index (χ3v) is 13.5. The van der Waals surface area contributed by atoms with E-state index in [-0.39, 0.29) is 23.8 Å². The van der Waals surface area contributed by atoms with Crippen LogP contribution in [0.4, 0.5) is 0 Å². The molecule has 5 aliphatic rings. The van der Waals surface area contributed by atoms with E-state index in [0.717, 1.165) is 84.7 Å². The van der Waals surface area contributed by atoms with Crippen molar-refractivity contribution < 1.29 is 4.42 Å². The quantitative estimate of drug-likeness (QED) is 0.167. The Labute approximate surface area is 353 Å². The van der Waals surface area contributed by atoms with Crippen LogP contribution in [-0.4, -0.2) is 22.4 Å². The minimum atomic E-state index is -0.0277. The smallest absolute Gasteiger partial charge is 0.144 e. The lowest BCUT2D eigenvalue weighted by Crippen LogP contribution is -2.42. The number of hydrogen-bond acceptors (Lipinski definition) is 4. The highest BCUT2D eigenvalue weighted by Crippen LogP contribution is 2.44. The van der Waals surface area contributed by atoms with Gasteiger partial charge in [-0.15, -0.1) is 0 Å². The van der Waals surface area contributed by atoms with E-state index in [0.29, 0.717) is 0 Å². The molecule has 2 aliphatic heterocycles. The molecule has 8 aromatic rings. The van der Waals surface area contributed by atoms with Crippen LogP contribution < -0.4 is 10.4 Å². The van der Waals surface area contributed by atoms with Gasteiger partial charge in [0.15, 0.2) is 0 Å². The Morgan fingerprint density at radius 3 is 2.13 bits per heavy atom. The fourth-order valence-electron chi connectivity index (χ4n) is 10.7. The zero-order valence-electron chi connectivity index (χ0n) is 33.4. The second kappa shape index (κ2) is 13.6. The molecule has 0 spiro atoms. The predicted molar refractivity (Wildman–Crippen MR) is 251 cm³/mol. The van der Waals surface area contributed by atoms with Crippen molar-refractivity contribution in [3.8, 4) is 11.3 Å². The van der Waals surface area contributed by atoms with Crippen molar-refractivity contribution in [3.05, 3.63) is 221 Å². The Morgan fingerprint density at radius 1 is 0.541 bits per heavy atom. The molecule has 4 heterocycles. The van der Waals surface area contributed by atoms with Crippen LogP contribution in [0.2, 0.25) is 0 Å². The maximum absolute atomic E-state index is 6.65. The Kier molecular flexibility index (Phi) is 7.65. The SMILES string of the molecule is C1=CC2C(C3=NC4=C(C=CC5C=CC(c6ccccc6)=NC45)CC3)=c3ccccc3=C(c3cccc(-c4nc5ccccc5c5c4ccc4c6ccccc6oc45)c3)C2C=C1. The van der Waals surface area contributed by atoms with Crippen molar-refractivity contribution in [3.63, 3.8) is 0 Å². The van der Waals surface area contributed by atoms with Crippen molar-refractivity contribution >= 4 is 66.2 Å². The molecule has 4 heteroatoms. The number of fused-ring (bicyclic) bond motifs is 11. The van der Waals surface area contributed by atoms with Crippen molar-refractivity contribution in [2.75, 3.05) is 0 Å². The van der Waals surface area contributed by atoms with Crippen LogP contribution in [-0.2, 0) is 0 Å². The van der Waals surface area contributed by atoms with Crippen LogP contribution in [0.15, 0.2) is 214 Å².